The normalized spacial score (nSPS) is 14.4. The molecule has 102 valence electrons. The van der Waals surface area contributed by atoms with Gasteiger partial charge in [0, 0.05) is 24.3 Å². The largest absolute Gasteiger partial charge is 0.508 e. The fourth-order valence-corrected chi connectivity index (χ4v) is 1.97. The lowest BCUT2D eigenvalue weighted by Crippen LogP contribution is -2.26. The van der Waals surface area contributed by atoms with E-state index in [4.69, 9.17) is 5.11 Å². The van der Waals surface area contributed by atoms with E-state index in [1.807, 2.05) is 6.92 Å². The monoisotopic (exact) mass is 255 g/mol. The Morgan fingerprint density at radius 1 is 1.39 bits per heavy atom. The summed E-state index contributed by atoms with van der Waals surface area (Å²) in [6.07, 6.45) is 1.77. The van der Waals surface area contributed by atoms with Gasteiger partial charge in [-0.2, -0.15) is 0 Å². The lowest BCUT2D eigenvalue weighted by molar-refractivity contribution is 0.249. The summed E-state index contributed by atoms with van der Waals surface area (Å²) in [5.74, 6) is -0.0413. The van der Waals surface area contributed by atoms with Crippen molar-refractivity contribution >= 4 is 0 Å². The minimum absolute atomic E-state index is 0.0230. The van der Waals surface area contributed by atoms with Crippen molar-refractivity contribution in [2.75, 3.05) is 13.2 Å². The van der Waals surface area contributed by atoms with Gasteiger partial charge >= 0.3 is 0 Å². The Balaban J connectivity index is 2.56. The lowest BCUT2D eigenvalue weighted by Gasteiger charge is -2.20. The van der Waals surface area contributed by atoms with Crippen LogP contribution in [0.2, 0.25) is 0 Å². The van der Waals surface area contributed by atoms with Crippen LogP contribution in [0.15, 0.2) is 18.2 Å². The SMILES string of the molecule is CCC(CCO)CNC(C)c1ccc(F)cc1O. The topological polar surface area (TPSA) is 52.5 Å². The first-order valence-electron chi connectivity index (χ1n) is 6.41. The third kappa shape index (κ3) is 4.27. The molecule has 3 N–H and O–H groups in total. The zero-order valence-electron chi connectivity index (χ0n) is 11.0. The molecule has 0 saturated heterocycles. The second-order valence-electron chi connectivity index (χ2n) is 4.62. The van der Waals surface area contributed by atoms with E-state index in [-0.39, 0.29) is 18.4 Å². The minimum atomic E-state index is -0.435. The number of rotatable bonds is 7. The average Bonchev–Trinajstić information content (AvgIpc) is 2.34. The number of aliphatic hydroxyl groups is 1. The van der Waals surface area contributed by atoms with Crippen LogP contribution >= 0.6 is 0 Å². The molecule has 1 aromatic carbocycles. The quantitative estimate of drug-likeness (QED) is 0.702. The molecule has 18 heavy (non-hydrogen) atoms. The summed E-state index contributed by atoms with van der Waals surface area (Å²) < 4.78 is 12.9. The molecule has 0 amide bonds. The summed E-state index contributed by atoms with van der Waals surface area (Å²) in [7, 11) is 0. The Hall–Kier alpha value is -1.13. The number of aliphatic hydroxyl groups excluding tert-OH is 1. The number of benzene rings is 1. The molecule has 3 nitrogen and oxygen atoms in total. The standard InChI is InChI=1S/C14H22FNO2/c1-3-11(6-7-17)9-16-10(2)13-5-4-12(15)8-14(13)18/h4-5,8,10-11,16-18H,3,6-7,9H2,1-2H3. The van der Waals surface area contributed by atoms with Gasteiger partial charge in [0.2, 0.25) is 0 Å². The number of nitrogens with one attached hydrogen (secondary N) is 1. The van der Waals surface area contributed by atoms with Gasteiger partial charge in [0.1, 0.15) is 11.6 Å². The van der Waals surface area contributed by atoms with E-state index in [9.17, 15) is 9.50 Å². The van der Waals surface area contributed by atoms with Crippen LogP contribution in [0.3, 0.4) is 0 Å². The summed E-state index contributed by atoms with van der Waals surface area (Å²) in [6, 6.07) is 4.02. The van der Waals surface area contributed by atoms with Crippen LogP contribution in [0.5, 0.6) is 5.75 Å². The third-order valence-electron chi connectivity index (χ3n) is 3.29. The minimum Gasteiger partial charge on any atom is -0.508 e. The van der Waals surface area contributed by atoms with Crippen molar-refractivity contribution in [3.63, 3.8) is 0 Å². The van der Waals surface area contributed by atoms with E-state index >= 15 is 0 Å². The Morgan fingerprint density at radius 3 is 2.67 bits per heavy atom. The van der Waals surface area contributed by atoms with Crippen molar-refractivity contribution in [1.29, 1.82) is 0 Å². The number of phenolic OH excluding ortho intramolecular Hbond substituents is 1. The van der Waals surface area contributed by atoms with Crippen LogP contribution in [0.4, 0.5) is 4.39 Å². The molecule has 0 aromatic heterocycles. The highest BCUT2D eigenvalue weighted by Gasteiger charge is 2.13. The maximum Gasteiger partial charge on any atom is 0.126 e. The molecule has 2 unspecified atom stereocenters. The third-order valence-corrected chi connectivity index (χ3v) is 3.29. The van der Waals surface area contributed by atoms with Crippen molar-refractivity contribution in [1.82, 2.24) is 5.32 Å². The van der Waals surface area contributed by atoms with Crippen LogP contribution in [-0.2, 0) is 0 Å². The lowest BCUT2D eigenvalue weighted by atomic mass is 10.0. The molecule has 0 fully saturated rings. The molecular formula is C14H22FNO2. The van der Waals surface area contributed by atoms with E-state index in [2.05, 4.69) is 12.2 Å². The molecule has 0 spiro atoms. The maximum absolute atomic E-state index is 12.9. The number of hydrogen-bond donors (Lipinski definition) is 3. The van der Waals surface area contributed by atoms with E-state index in [0.717, 1.165) is 25.5 Å². The first kappa shape index (κ1) is 14.9. The molecule has 0 aliphatic carbocycles. The Morgan fingerprint density at radius 2 is 2.11 bits per heavy atom. The molecule has 1 rings (SSSR count). The molecular weight excluding hydrogens is 233 g/mol. The summed E-state index contributed by atoms with van der Waals surface area (Å²) in [5.41, 5.74) is 0.690. The molecule has 4 heteroatoms. The van der Waals surface area contributed by atoms with Gasteiger partial charge in [0.25, 0.3) is 0 Å². The Kier molecular flexibility index (Phi) is 6.09. The zero-order valence-corrected chi connectivity index (χ0v) is 11.0. The van der Waals surface area contributed by atoms with Crippen LogP contribution in [-0.4, -0.2) is 23.4 Å². The number of phenols is 1. The fourth-order valence-electron chi connectivity index (χ4n) is 1.97. The van der Waals surface area contributed by atoms with Gasteiger partial charge in [-0.1, -0.05) is 19.4 Å². The van der Waals surface area contributed by atoms with Gasteiger partial charge in [0.15, 0.2) is 0 Å². The predicted molar refractivity (Wildman–Crippen MR) is 70.0 cm³/mol. The molecule has 1 aromatic rings. The second-order valence-corrected chi connectivity index (χ2v) is 4.62. The number of hydrogen-bond acceptors (Lipinski definition) is 3. The Bertz CT molecular complexity index is 371. The molecule has 0 aliphatic heterocycles. The summed E-state index contributed by atoms with van der Waals surface area (Å²) in [5, 5.41) is 21.9. The van der Waals surface area contributed by atoms with Crippen molar-refractivity contribution in [3.8, 4) is 5.75 Å². The summed E-state index contributed by atoms with van der Waals surface area (Å²) >= 11 is 0. The number of aromatic hydroxyl groups is 1. The second kappa shape index (κ2) is 7.34. The van der Waals surface area contributed by atoms with Crippen molar-refractivity contribution in [3.05, 3.63) is 29.6 Å². The van der Waals surface area contributed by atoms with E-state index < -0.39 is 5.82 Å². The smallest absolute Gasteiger partial charge is 0.126 e. The van der Waals surface area contributed by atoms with Gasteiger partial charge in [-0.25, -0.2) is 4.39 Å². The molecule has 0 heterocycles. The Labute approximate surface area is 108 Å². The number of halogens is 1. The summed E-state index contributed by atoms with van der Waals surface area (Å²) in [6.45, 7) is 4.98. The average molecular weight is 255 g/mol. The highest BCUT2D eigenvalue weighted by atomic mass is 19.1. The highest BCUT2D eigenvalue weighted by Crippen LogP contribution is 2.24. The van der Waals surface area contributed by atoms with Crippen molar-refractivity contribution < 1.29 is 14.6 Å². The van der Waals surface area contributed by atoms with Crippen molar-refractivity contribution in [2.45, 2.75) is 32.7 Å². The first-order chi connectivity index (χ1) is 8.58. The highest BCUT2D eigenvalue weighted by molar-refractivity contribution is 5.34. The molecule has 0 saturated carbocycles. The molecule has 0 bridgehead atoms. The van der Waals surface area contributed by atoms with Crippen LogP contribution < -0.4 is 5.32 Å². The van der Waals surface area contributed by atoms with Gasteiger partial charge < -0.3 is 15.5 Å². The van der Waals surface area contributed by atoms with Gasteiger partial charge in [-0.15, -0.1) is 0 Å². The van der Waals surface area contributed by atoms with Crippen LogP contribution in [0.1, 0.15) is 38.3 Å². The van der Waals surface area contributed by atoms with Gasteiger partial charge in [-0.3, -0.25) is 0 Å². The van der Waals surface area contributed by atoms with E-state index in [1.165, 1.54) is 6.07 Å². The van der Waals surface area contributed by atoms with E-state index in [0.29, 0.717) is 11.5 Å². The first-order valence-corrected chi connectivity index (χ1v) is 6.41. The molecule has 0 radical (unpaired) electrons. The van der Waals surface area contributed by atoms with Crippen molar-refractivity contribution in [2.24, 2.45) is 5.92 Å². The zero-order chi connectivity index (χ0) is 13.5. The maximum atomic E-state index is 12.9. The fraction of sp³-hybridized carbons (Fsp3) is 0.571. The van der Waals surface area contributed by atoms with Gasteiger partial charge in [-0.05, 0) is 31.9 Å². The van der Waals surface area contributed by atoms with Crippen LogP contribution in [0, 0.1) is 11.7 Å². The summed E-state index contributed by atoms with van der Waals surface area (Å²) in [4.78, 5) is 0. The van der Waals surface area contributed by atoms with E-state index in [1.54, 1.807) is 6.07 Å². The molecule has 2 atom stereocenters. The van der Waals surface area contributed by atoms with Crippen LogP contribution in [0.25, 0.3) is 0 Å². The predicted octanol–water partition coefficient (Wildman–Crippen LogP) is 2.59. The van der Waals surface area contributed by atoms with Gasteiger partial charge in [0.05, 0.1) is 0 Å². The molecule has 0 aliphatic rings.